The fourth-order valence-corrected chi connectivity index (χ4v) is 1.15. The Labute approximate surface area is 75.9 Å². The summed E-state index contributed by atoms with van der Waals surface area (Å²) >= 11 is 0. The molecule has 0 aromatic carbocycles. The lowest BCUT2D eigenvalue weighted by atomic mass is 10.3. The zero-order valence-electron chi connectivity index (χ0n) is 7.45. The van der Waals surface area contributed by atoms with Crippen LogP contribution in [0.15, 0.2) is 10.6 Å². The van der Waals surface area contributed by atoms with Crippen molar-refractivity contribution in [3.8, 4) is 0 Å². The van der Waals surface area contributed by atoms with Gasteiger partial charge in [-0.15, -0.1) is 0 Å². The zero-order valence-corrected chi connectivity index (χ0v) is 7.45. The first-order chi connectivity index (χ1) is 6.31. The molecule has 4 heteroatoms. The monoisotopic (exact) mass is 181 g/mol. The van der Waals surface area contributed by atoms with Crippen LogP contribution in [0.1, 0.15) is 41.9 Å². The van der Waals surface area contributed by atoms with Crippen molar-refractivity contribution in [2.24, 2.45) is 0 Å². The SMILES string of the molecule is CCOC(=O)c1cc(C2CC2)on1. The molecule has 1 aromatic rings. The van der Waals surface area contributed by atoms with E-state index in [4.69, 9.17) is 9.26 Å². The van der Waals surface area contributed by atoms with Crippen LogP contribution < -0.4 is 0 Å². The summed E-state index contributed by atoms with van der Waals surface area (Å²) in [6.07, 6.45) is 2.27. The number of hydrogen-bond donors (Lipinski definition) is 0. The Morgan fingerprint density at radius 1 is 1.77 bits per heavy atom. The normalized spacial score (nSPS) is 15.8. The molecule has 1 aliphatic carbocycles. The Bertz CT molecular complexity index is 314. The average molecular weight is 181 g/mol. The van der Waals surface area contributed by atoms with Gasteiger partial charge in [0, 0.05) is 12.0 Å². The molecule has 0 amide bonds. The van der Waals surface area contributed by atoms with Crippen molar-refractivity contribution in [3.05, 3.63) is 17.5 Å². The van der Waals surface area contributed by atoms with Crippen molar-refractivity contribution in [2.75, 3.05) is 6.61 Å². The van der Waals surface area contributed by atoms with Gasteiger partial charge in [-0.05, 0) is 19.8 Å². The van der Waals surface area contributed by atoms with E-state index in [1.165, 1.54) is 0 Å². The molecule has 0 saturated heterocycles. The molecule has 0 aliphatic heterocycles. The second-order valence-electron chi connectivity index (χ2n) is 3.11. The van der Waals surface area contributed by atoms with E-state index in [0.717, 1.165) is 18.6 Å². The van der Waals surface area contributed by atoms with Gasteiger partial charge in [0.25, 0.3) is 0 Å². The average Bonchev–Trinajstić information content (AvgIpc) is 2.84. The minimum Gasteiger partial charge on any atom is -0.461 e. The first-order valence-electron chi connectivity index (χ1n) is 4.45. The van der Waals surface area contributed by atoms with E-state index in [1.54, 1.807) is 13.0 Å². The highest BCUT2D eigenvalue weighted by atomic mass is 16.5. The molecule has 70 valence electrons. The first-order valence-corrected chi connectivity index (χ1v) is 4.45. The molecule has 1 saturated carbocycles. The van der Waals surface area contributed by atoms with E-state index >= 15 is 0 Å². The standard InChI is InChI=1S/C9H11NO3/c1-2-12-9(11)7-5-8(13-10-7)6-3-4-6/h5-6H,2-4H2,1H3. The maximum absolute atomic E-state index is 11.2. The van der Waals surface area contributed by atoms with Crippen LogP contribution in [0, 0.1) is 0 Å². The maximum Gasteiger partial charge on any atom is 0.360 e. The maximum atomic E-state index is 11.2. The Morgan fingerprint density at radius 2 is 2.54 bits per heavy atom. The predicted molar refractivity (Wildman–Crippen MR) is 44.4 cm³/mol. The van der Waals surface area contributed by atoms with E-state index in [1.807, 2.05) is 0 Å². The summed E-state index contributed by atoms with van der Waals surface area (Å²) in [5.41, 5.74) is 0.281. The van der Waals surface area contributed by atoms with Gasteiger partial charge in [-0.2, -0.15) is 0 Å². The summed E-state index contributed by atoms with van der Waals surface area (Å²) in [5, 5.41) is 3.65. The van der Waals surface area contributed by atoms with Crippen LogP contribution in [0.2, 0.25) is 0 Å². The third-order valence-electron chi connectivity index (χ3n) is 1.99. The van der Waals surface area contributed by atoms with Crippen molar-refractivity contribution in [1.29, 1.82) is 0 Å². The summed E-state index contributed by atoms with van der Waals surface area (Å²) < 4.78 is 9.79. The van der Waals surface area contributed by atoms with Crippen molar-refractivity contribution in [2.45, 2.75) is 25.7 Å². The summed E-state index contributed by atoms with van der Waals surface area (Å²) in [7, 11) is 0. The van der Waals surface area contributed by atoms with E-state index in [0.29, 0.717) is 12.5 Å². The van der Waals surface area contributed by atoms with Gasteiger partial charge < -0.3 is 9.26 Å². The van der Waals surface area contributed by atoms with Crippen LogP contribution in [-0.2, 0) is 4.74 Å². The lowest BCUT2D eigenvalue weighted by Crippen LogP contribution is -2.04. The topological polar surface area (TPSA) is 52.3 Å². The van der Waals surface area contributed by atoms with E-state index < -0.39 is 5.97 Å². The van der Waals surface area contributed by atoms with Crippen LogP contribution in [0.4, 0.5) is 0 Å². The number of ether oxygens (including phenoxy) is 1. The quantitative estimate of drug-likeness (QED) is 0.666. The second-order valence-corrected chi connectivity index (χ2v) is 3.11. The molecular formula is C9H11NO3. The van der Waals surface area contributed by atoms with Crippen molar-refractivity contribution >= 4 is 5.97 Å². The van der Waals surface area contributed by atoms with Crippen LogP contribution >= 0.6 is 0 Å². The van der Waals surface area contributed by atoms with Crippen LogP contribution in [-0.4, -0.2) is 17.7 Å². The minimum absolute atomic E-state index is 0.281. The first kappa shape index (κ1) is 8.29. The molecule has 2 rings (SSSR count). The smallest absolute Gasteiger partial charge is 0.360 e. The van der Waals surface area contributed by atoms with E-state index in [9.17, 15) is 4.79 Å². The molecule has 0 unspecified atom stereocenters. The third kappa shape index (κ3) is 1.71. The molecule has 0 radical (unpaired) electrons. The van der Waals surface area contributed by atoms with Gasteiger partial charge >= 0.3 is 5.97 Å². The molecule has 0 spiro atoms. The van der Waals surface area contributed by atoms with Crippen molar-refractivity contribution in [3.63, 3.8) is 0 Å². The van der Waals surface area contributed by atoms with Gasteiger partial charge in [-0.3, -0.25) is 0 Å². The molecule has 0 atom stereocenters. The fraction of sp³-hybridized carbons (Fsp3) is 0.556. The highest BCUT2D eigenvalue weighted by molar-refractivity contribution is 5.87. The van der Waals surface area contributed by atoms with E-state index in [-0.39, 0.29) is 5.69 Å². The van der Waals surface area contributed by atoms with E-state index in [2.05, 4.69) is 5.16 Å². The second kappa shape index (κ2) is 3.20. The Hall–Kier alpha value is -1.32. The highest BCUT2D eigenvalue weighted by Gasteiger charge is 2.29. The van der Waals surface area contributed by atoms with Gasteiger partial charge in [0.1, 0.15) is 5.76 Å². The van der Waals surface area contributed by atoms with Gasteiger partial charge in [-0.1, -0.05) is 5.16 Å². The van der Waals surface area contributed by atoms with Gasteiger partial charge in [0.2, 0.25) is 0 Å². The summed E-state index contributed by atoms with van der Waals surface area (Å²) in [5.74, 6) is 0.886. The van der Waals surface area contributed by atoms with Gasteiger partial charge in [-0.25, -0.2) is 4.79 Å². The number of hydrogen-bond acceptors (Lipinski definition) is 4. The number of carbonyl (C=O) groups is 1. The predicted octanol–water partition coefficient (Wildman–Crippen LogP) is 1.73. The molecular weight excluding hydrogens is 170 g/mol. The third-order valence-corrected chi connectivity index (χ3v) is 1.99. The zero-order chi connectivity index (χ0) is 9.26. The lowest BCUT2D eigenvalue weighted by Gasteiger charge is -1.94. The summed E-state index contributed by atoms with van der Waals surface area (Å²) in [6, 6.07) is 1.68. The Kier molecular flexibility index (Phi) is 2.04. The van der Waals surface area contributed by atoms with Gasteiger partial charge in [0.15, 0.2) is 5.69 Å². The molecule has 4 nitrogen and oxygen atoms in total. The van der Waals surface area contributed by atoms with Crippen molar-refractivity contribution in [1.82, 2.24) is 5.16 Å². The molecule has 13 heavy (non-hydrogen) atoms. The van der Waals surface area contributed by atoms with Crippen LogP contribution in [0.25, 0.3) is 0 Å². The molecule has 1 aliphatic rings. The number of rotatable bonds is 3. The Balaban J connectivity index is 2.07. The number of aromatic nitrogens is 1. The number of esters is 1. The lowest BCUT2D eigenvalue weighted by molar-refractivity contribution is 0.0514. The van der Waals surface area contributed by atoms with Crippen molar-refractivity contribution < 1.29 is 14.1 Å². The summed E-state index contributed by atoms with van der Waals surface area (Å²) in [6.45, 7) is 2.13. The highest BCUT2D eigenvalue weighted by Crippen LogP contribution is 2.40. The Morgan fingerprint density at radius 3 is 3.15 bits per heavy atom. The number of carbonyl (C=O) groups excluding carboxylic acids is 1. The minimum atomic E-state index is -0.404. The van der Waals surface area contributed by atoms with Gasteiger partial charge in [0.05, 0.1) is 6.61 Å². The molecule has 1 heterocycles. The fourth-order valence-electron chi connectivity index (χ4n) is 1.15. The molecule has 0 bridgehead atoms. The molecule has 1 fully saturated rings. The van der Waals surface area contributed by atoms with Crippen LogP contribution in [0.3, 0.4) is 0 Å². The summed E-state index contributed by atoms with van der Waals surface area (Å²) in [4.78, 5) is 11.2. The number of nitrogens with zero attached hydrogens (tertiary/aromatic N) is 1. The molecule has 1 aromatic heterocycles. The van der Waals surface area contributed by atoms with Crippen LogP contribution in [0.5, 0.6) is 0 Å². The molecule has 0 N–H and O–H groups in total. The largest absolute Gasteiger partial charge is 0.461 e.